The Balaban J connectivity index is 6.45. The second-order valence-corrected chi connectivity index (χ2v) is 8.74. The Morgan fingerprint density at radius 3 is 0.574 bits per heavy atom. The molecular formula is C16H3F31O7. The molecule has 0 saturated carbocycles. The molecule has 7 nitrogen and oxygen atoms in total. The summed E-state index contributed by atoms with van der Waals surface area (Å²) >= 11 is 0. The predicted octanol–water partition coefficient (Wildman–Crippen LogP) is 9.02. The van der Waals surface area contributed by atoms with Gasteiger partial charge in [0.15, 0.2) is 0 Å². The van der Waals surface area contributed by atoms with Gasteiger partial charge in [-0.05, 0) is 0 Å². The quantitative estimate of drug-likeness (QED) is 0.122. The van der Waals surface area contributed by atoms with Crippen molar-refractivity contribution in [3.63, 3.8) is 0 Å². The highest BCUT2D eigenvalue weighted by Crippen LogP contribution is 2.57. The topological polar surface area (TPSA) is 75.6 Å². The first kappa shape index (κ1) is 51.5. The van der Waals surface area contributed by atoms with E-state index in [0.29, 0.717) is 0 Å². The van der Waals surface area contributed by atoms with Crippen molar-refractivity contribution in [2.75, 3.05) is 6.61 Å². The molecule has 0 aliphatic carbocycles. The van der Waals surface area contributed by atoms with Gasteiger partial charge in [0, 0.05) is 0 Å². The van der Waals surface area contributed by atoms with Gasteiger partial charge in [-0.2, -0.15) is 136 Å². The van der Waals surface area contributed by atoms with E-state index in [4.69, 9.17) is 5.11 Å². The van der Waals surface area contributed by atoms with Gasteiger partial charge in [0.05, 0.1) is 0 Å². The van der Waals surface area contributed by atoms with Crippen molar-refractivity contribution < 1.29 is 170 Å². The van der Waals surface area contributed by atoms with Crippen molar-refractivity contribution in [1.82, 2.24) is 0 Å². The maximum atomic E-state index is 13.4. The van der Waals surface area contributed by atoms with Crippen LogP contribution in [0.15, 0.2) is 0 Å². The molecule has 0 bridgehead atoms. The summed E-state index contributed by atoms with van der Waals surface area (Å²) in [6.07, 6.45) is -104. The van der Waals surface area contributed by atoms with Crippen LogP contribution >= 0.6 is 0 Å². The second kappa shape index (κ2) is 13.9. The Morgan fingerprint density at radius 1 is 0.241 bits per heavy atom. The van der Waals surface area contributed by atoms with E-state index in [1.807, 2.05) is 0 Å². The summed E-state index contributed by atoms with van der Waals surface area (Å²) in [5.74, 6) is -16.8. The summed E-state index contributed by atoms with van der Waals surface area (Å²) < 4.78 is 412. The molecule has 0 heterocycles. The standard InChI is InChI=1S/C16H3F31O7/c17-2(18,1-48)49-7(28,29)8(30,31)51-11(36,37)12(38,39)53-15(44,45)16(46,47)54-14(42,43)13(40,41)52-10(34,35)9(32,33)50-6(26,27)4(21,22)3(19,20)5(23,24)25/h48H,1H2. The molecule has 0 unspecified atom stereocenters. The number of rotatable bonds is 20. The molecular weight excluding hydrogens is 893 g/mol. The molecule has 0 rings (SSSR count). The lowest BCUT2D eigenvalue weighted by Crippen LogP contribution is -2.65. The Hall–Kier alpha value is -2.45. The molecule has 0 aliphatic rings. The molecule has 0 aromatic carbocycles. The molecule has 0 fully saturated rings. The van der Waals surface area contributed by atoms with E-state index >= 15 is 0 Å². The summed E-state index contributed by atoms with van der Waals surface area (Å²) in [5, 5.41) is 7.89. The number of aliphatic hydroxyl groups excluding tert-OH is 1. The fourth-order valence-electron chi connectivity index (χ4n) is 2.04. The molecule has 1 N–H and O–H groups in total. The van der Waals surface area contributed by atoms with Gasteiger partial charge in [0.1, 0.15) is 6.61 Å². The maximum absolute atomic E-state index is 13.4. The molecule has 0 amide bonds. The van der Waals surface area contributed by atoms with Gasteiger partial charge in [-0.1, -0.05) is 0 Å². The van der Waals surface area contributed by atoms with Crippen molar-refractivity contribution >= 4 is 0 Å². The molecule has 0 saturated heterocycles. The lowest BCUT2D eigenvalue weighted by molar-refractivity contribution is -0.595. The van der Waals surface area contributed by atoms with Crippen LogP contribution in [0.25, 0.3) is 0 Å². The van der Waals surface area contributed by atoms with Gasteiger partial charge in [0.25, 0.3) is 0 Å². The number of alkyl halides is 31. The van der Waals surface area contributed by atoms with E-state index in [1.54, 1.807) is 4.74 Å². The zero-order chi connectivity index (χ0) is 44.4. The Labute approximate surface area is 269 Å². The Morgan fingerprint density at radius 2 is 0.407 bits per heavy atom. The lowest BCUT2D eigenvalue weighted by atomic mass is 10.1. The van der Waals surface area contributed by atoms with E-state index in [2.05, 4.69) is 0 Å². The average molecular weight is 896 g/mol. The molecule has 0 aliphatic heterocycles. The number of ether oxygens (including phenoxy) is 6. The molecule has 0 atom stereocenters. The second-order valence-electron chi connectivity index (χ2n) is 8.74. The molecule has 0 aromatic rings. The van der Waals surface area contributed by atoms with Crippen LogP contribution in [0.2, 0.25) is 0 Å². The van der Waals surface area contributed by atoms with Crippen molar-refractivity contribution in [3.8, 4) is 0 Å². The molecule has 0 spiro atoms. The van der Waals surface area contributed by atoms with Crippen LogP contribution in [0.5, 0.6) is 0 Å². The fourth-order valence-corrected chi connectivity index (χ4v) is 2.04. The first-order valence-corrected chi connectivity index (χ1v) is 11.0. The number of halogens is 31. The normalized spacial score (nSPS) is 16.7. The van der Waals surface area contributed by atoms with Crippen LogP contribution in [0.3, 0.4) is 0 Å². The van der Waals surface area contributed by atoms with E-state index in [-0.39, 0.29) is 0 Å². The SMILES string of the molecule is OCC(F)(F)OC(F)(F)C(F)(F)OC(F)(F)C(F)(F)OC(F)(F)C(F)(F)OC(F)(F)C(F)(F)OC(F)(F)C(F)(F)OC(F)(F)C(F)(F)C(F)(F)C(F)(F)F. The first-order valence-electron chi connectivity index (χ1n) is 11.0. The summed E-state index contributed by atoms with van der Waals surface area (Å²) in [7, 11) is 0. The fraction of sp³-hybridized carbons (Fsp3) is 1.00. The van der Waals surface area contributed by atoms with Crippen molar-refractivity contribution in [1.29, 1.82) is 0 Å². The smallest absolute Gasteiger partial charge is 0.387 e. The molecule has 0 aromatic heterocycles. The highest BCUT2D eigenvalue weighted by Gasteiger charge is 2.86. The third-order valence-corrected chi connectivity index (χ3v) is 4.55. The van der Waals surface area contributed by atoms with Crippen LogP contribution < -0.4 is 0 Å². The Kier molecular flexibility index (Phi) is 13.3. The minimum Gasteiger partial charge on any atom is -0.387 e. The predicted molar refractivity (Wildman–Crippen MR) is 88.9 cm³/mol. The maximum Gasteiger partial charge on any atom is 0.460 e. The molecule has 38 heteroatoms. The third kappa shape index (κ3) is 9.91. The number of aliphatic hydroxyl groups is 1. The van der Waals surface area contributed by atoms with E-state index in [1.165, 1.54) is 4.74 Å². The summed E-state index contributed by atoms with van der Waals surface area (Å²) in [4.78, 5) is 0. The number of hydrogen-bond donors (Lipinski definition) is 1. The van der Waals surface area contributed by atoms with Gasteiger partial charge in [-0.15, -0.1) is 0 Å². The first-order chi connectivity index (χ1) is 22.8. The minimum atomic E-state index is -8.52. The van der Waals surface area contributed by atoms with Crippen molar-refractivity contribution in [2.45, 2.75) is 91.3 Å². The lowest BCUT2D eigenvalue weighted by Gasteiger charge is -2.38. The minimum absolute atomic E-state index is 0.920. The van der Waals surface area contributed by atoms with Gasteiger partial charge in [0.2, 0.25) is 0 Å². The van der Waals surface area contributed by atoms with Crippen LogP contribution in [-0.4, -0.2) is 103 Å². The molecule has 54 heavy (non-hydrogen) atoms. The van der Waals surface area contributed by atoms with E-state index in [0.717, 1.165) is 18.9 Å². The third-order valence-electron chi connectivity index (χ3n) is 4.55. The van der Waals surface area contributed by atoms with Crippen molar-refractivity contribution in [3.05, 3.63) is 0 Å². The summed E-state index contributed by atoms with van der Waals surface area (Å²) in [6.45, 7) is -3.07. The van der Waals surface area contributed by atoms with Gasteiger partial charge in [-0.3, -0.25) is 0 Å². The summed E-state index contributed by atoms with van der Waals surface area (Å²) in [5.41, 5.74) is 0. The van der Waals surface area contributed by atoms with Gasteiger partial charge < -0.3 is 5.11 Å². The molecule has 0 radical (unpaired) electrons. The monoisotopic (exact) mass is 896 g/mol. The zero-order valence-electron chi connectivity index (χ0n) is 22.8. The van der Waals surface area contributed by atoms with Crippen LogP contribution in [0.4, 0.5) is 136 Å². The zero-order valence-corrected chi connectivity index (χ0v) is 22.8. The van der Waals surface area contributed by atoms with Crippen LogP contribution in [0.1, 0.15) is 0 Å². The van der Waals surface area contributed by atoms with Crippen LogP contribution in [0, 0.1) is 0 Å². The number of hydrogen-bond acceptors (Lipinski definition) is 7. The summed E-state index contributed by atoms with van der Waals surface area (Å²) in [6, 6.07) is 0. The van der Waals surface area contributed by atoms with Gasteiger partial charge in [-0.25, -0.2) is 28.4 Å². The molecule has 326 valence electrons. The highest BCUT2D eigenvalue weighted by molar-refractivity contribution is 4.97. The Bertz CT molecular complexity index is 1290. The van der Waals surface area contributed by atoms with E-state index in [9.17, 15) is 136 Å². The van der Waals surface area contributed by atoms with Crippen LogP contribution in [-0.2, 0) is 28.4 Å². The van der Waals surface area contributed by atoms with Gasteiger partial charge >= 0.3 is 91.3 Å². The average Bonchev–Trinajstić information content (AvgIpc) is 2.83. The largest absolute Gasteiger partial charge is 0.460 e. The van der Waals surface area contributed by atoms with Crippen molar-refractivity contribution in [2.24, 2.45) is 0 Å². The van der Waals surface area contributed by atoms with E-state index < -0.39 is 97.9 Å². The highest BCUT2D eigenvalue weighted by atomic mass is 19.4.